The largest absolute Gasteiger partial charge is 0.463 e. The van der Waals surface area contributed by atoms with E-state index in [0.717, 1.165) is 0 Å². The van der Waals surface area contributed by atoms with Crippen molar-refractivity contribution in [3.05, 3.63) is 22.6 Å². The molecule has 0 aromatic carbocycles. The predicted octanol–water partition coefficient (Wildman–Crippen LogP) is 2.06. The van der Waals surface area contributed by atoms with Crippen LogP contribution >= 0.6 is 23.2 Å². The lowest BCUT2D eigenvalue weighted by Crippen LogP contribution is -2.40. The number of pyridine rings is 1. The van der Waals surface area contributed by atoms with Gasteiger partial charge in [-0.2, -0.15) is 0 Å². The van der Waals surface area contributed by atoms with Crippen molar-refractivity contribution in [3.63, 3.8) is 0 Å². The minimum atomic E-state index is -1.06. The van der Waals surface area contributed by atoms with E-state index in [4.69, 9.17) is 42.1 Å². The van der Waals surface area contributed by atoms with Gasteiger partial charge < -0.3 is 18.9 Å². The van der Waals surface area contributed by atoms with Gasteiger partial charge in [0.1, 0.15) is 23.4 Å². The average molecular weight is 446 g/mol. The number of hydrogen-bond donors (Lipinski definition) is 0. The van der Waals surface area contributed by atoms with Gasteiger partial charge in [0.2, 0.25) is 0 Å². The molecular weight excluding hydrogens is 429 g/mol. The minimum Gasteiger partial charge on any atom is -0.463 e. The van der Waals surface area contributed by atoms with E-state index in [1.165, 1.54) is 37.7 Å². The maximum Gasteiger partial charge on any atom is 0.303 e. The molecule has 3 rings (SSSR count). The molecule has 1 fully saturated rings. The van der Waals surface area contributed by atoms with Crippen molar-refractivity contribution in [1.29, 1.82) is 0 Å². The summed E-state index contributed by atoms with van der Waals surface area (Å²) in [6, 6.07) is 1.44. The maximum atomic E-state index is 11.7. The van der Waals surface area contributed by atoms with Crippen LogP contribution in [0.5, 0.6) is 0 Å². The Morgan fingerprint density at radius 3 is 2.38 bits per heavy atom. The molecule has 1 saturated heterocycles. The molecule has 0 aliphatic carbocycles. The molecule has 29 heavy (non-hydrogen) atoms. The van der Waals surface area contributed by atoms with Gasteiger partial charge in [-0.05, 0) is 6.07 Å². The van der Waals surface area contributed by atoms with Crippen molar-refractivity contribution in [2.45, 2.75) is 45.3 Å². The van der Waals surface area contributed by atoms with Crippen molar-refractivity contribution in [2.75, 3.05) is 6.61 Å². The van der Waals surface area contributed by atoms with E-state index in [1.807, 2.05) is 0 Å². The summed E-state index contributed by atoms with van der Waals surface area (Å²) in [5.41, 5.74) is 0.632. The molecule has 3 heterocycles. The Bertz CT molecular complexity index is 964. The van der Waals surface area contributed by atoms with Crippen LogP contribution < -0.4 is 0 Å². The lowest BCUT2D eigenvalue weighted by molar-refractivity contribution is -0.166. The Labute approximate surface area is 175 Å². The number of ether oxygens (including phenoxy) is 4. The Morgan fingerprint density at radius 2 is 1.76 bits per heavy atom. The number of imidazole rings is 1. The zero-order chi connectivity index (χ0) is 21.3. The monoisotopic (exact) mass is 445 g/mol. The van der Waals surface area contributed by atoms with Crippen molar-refractivity contribution >= 4 is 52.3 Å². The second-order valence-corrected chi connectivity index (χ2v) is 7.06. The van der Waals surface area contributed by atoms with Crippen molar-refractivity contribution in [2.24, 2.45) is 0 Å². The fraction of sp³-hybridized carbons (Fsp3) is 0.471. The standard InChI is InChI=1S/C17H17Cl2N3O7/c1-7(23)26-5-11-14(27-8(2)24)15(28-9(3)25)17(29-11)22-6-20-13-10(18)4-12(19)21-16(13)22/h4,6,11,14-15,17H,5H2,1-3H3/t11-,14-,15-,17-/m1/s1. The van der Waals surface area contributed by atoms with Gasteiger partial charge in [0.05, 0.1) is 11.3 Å². The van der Waals surface area contributed by atoms with Crippen LogP contribution in [0.15, 0.2) is 12.4 Å². The first-order valence-electron chi connectivity index (χ1n) is 8.49. The third-order valence-corrected chi connectivity index (χ3v) is 4.55. The fourth-order valence-electron chi connectivity index (χ4n) is 3.04. The molecule has 0 amide bonds. The lowest BCUT2D eigenvalue weighted by atomic mass is 10.1. The lowest BCUT2D eigenvalue weighted by Gasteiger charge is -2.23. The highest BCUT2D eigenvalue weighted by molar-refractivity contribution is 6.37. The molecule has 1 aliphatic rings. The van der Waals surface area contributed by atoms with E-state index in [-0.39, 0.29) is 22.4 Å². The zero-order valence-corrected chi connectivity index (χ0v) is 17.1. The molecule has 0 saturated carbocycles. The van der Waals surface area contributed by atoms with Gasteiger partial charge in [-0.15, -0.1) is 0 Å². The van der Waals surface area contributed by atoms with E-state index >= 15 is 0 Å². The molecule has 0 N–H and O–H groups in total. The van der Waals surface area contributed by atoms with E-state index in [1.54, 1.807) is 0 Å². The van der Waals surface area contributed by atoms with Crippen LogP contribution in [0, 0.1) is 0 Å². The molecule has 0 radical (unpaired) electrons. The second-order valence-electron chi connectivity index (χ2n) is 6.27. The van der Waals surface area contributed by atoms with Crippen LogP contribution in [0.4, 0.5) is 0 Å². The molecule has 0 unspecified atom stereocenters. The van der Waals surface area contributed by atoms with E-state index in [2.05, 4.69) is 9.97 Å². The summed E-state index contributed by atoms with van der Waals surface area (Å²) >= 11 is 12.2. The van der Waals surface area contributed by atoms with E-state index in [0.29, 0.717) is 5.52 Å². The summed E-state index contributed by atoms with van der Waals surface area (Å²) < 4.78 is 23.1. The first-order valence-corrected chi connectivity index (χ1v) is 9.24. The van der Waals surface area contributed by atoms with Crippen molar-refractivity contribution in [1.82, 2.24) is 14.5 Å². The molecule has 0 bridgehead atoms. The number of halogens is 2. The molecule has 1 aliphatic heterocycles. The first-order chi connectivity index (χ1) is 13.7. The Morgan fingerprint density at radius 1 is 1.10 bits per heavy atom. The number of nitrogens with zero attached hydrogens (tertiary/aromatic N) is 3. The van der Waals surface area contributed by atoms with Crippen LogP contribution in [0.2, 0.25) is 10.2 Å². The molecule has 10 nitrogen and oxygen atoms in total. The smallest absolute Gasteiger partial charge is 0.303 e. The highest BCUT2D eigenvalue weighted by atomic mass is 35.5. The van der Waals surface area contributed by atoms with Gasteiger partial charge in [-0.3, -0.25) is 19.0 Å². The molecule has 2 aromatic heterocycles. The van der Waals surface area contributed by atoms with Gasteiger partial charge in [0.25, 0.3) is 0 Å². The number of carbonyl (C=O) groups is 3. The molecule has 2 aromatic rings. The second kappa shape index (κ2) is 8.52. The summed E-state index contributed by atoms with van der Waals surface area (Å²) in [6.07, 6.45) is -2.60. The minimum absolute atomic E-state index is 0.124. The van der Waals surface area contributed by atoms with Crippen molar-refractivity contribution in [3.8, 4) is 0 Å². The average Bonchev–Trinajstić information content (AvgIpc) is 3.15. The summed E-state index contributed by atoms with van der Waals surface area (Å²) in [6.45, 7) is 3.42. The first kappa shape index (κ1) is 21.3. The SMILES string of the molecule is CC(=O)OC[C@H]1O[C@@H](n2cnc3c(Cl)cc(Cl)nc32)[C@H](OC(C)=O)[C@@H]1OC(C)=O. The number of esters is 3. The normalized spacial score (nSPS) is 23.8. The molecular formula is C17H17Cl2N3O7. The molecule has 0 spiro atoms. The van der Waals surface area contributed by atoms with Gasteiger partial charge >= 0.3 is 17.9 Å². The summed E-state index contributed by atoms with van der Waals surface area (Å²) in [5.74, 6) is -1.79. The van der Waals surface area contributed by atoms with Crippen LogP contribution in [0.3, 0.4) is 0 Å². The van der Waals surface area contributed by atoms with Gasteiger partial charge in [-0.25, -0.2) is 9.97 Å². The van der Waals surface area contributed by atoms with Crippen LogP contribution in [0.1, 0.15) is 27.0 Å². The highest BCUT2D eigenvalue weighted by Gasteiger charge is 2.51. The Balaban J connectivity index is 2.04. The molecule has 12 heteroatoms. The van der Waals surface area contributed by atoms with E-state index < -0.39 is 42.4 Å². The highest BCUT2D eigenvalue weighted by Crippen LogP contribution is 2.37. The number of rotatable bonds is 5. The number of aromatic nitrogens is 3. The van der Waals surface area contributed by atoms with Crippen LogP contribution in [0.25, 0.3) is 11.2 Å². The van der Waals surface area contributed by atoms with E-state index in [9.17, 15) is 14.4 Å². The van der Waals surface area contributed by atoms with Crippen LogP contribution in [-0.4, -0.2) is 57.4 Å². The summed E-state index contributed by atoms with van der Waals surface area (Å²) in [7, 11) is 0. The molecule has 4 atom stereocenters. The molecule has 156 valence electrons. The van der Waals surface area contributed by atoms with Gasteiger partial charge in [-0.1, -0.05) is 23.2 Å². The van der Waals surface area contributed by atoms with Gasteiger partial charge in [0, 0.05) is 20.8 Å². The summed E-state index contributed by atoms with van der Waals surface area (Å²) in [4.78, 5) is 43.0. The Hall–Kier alpha value is -2.43. The third kappa shape index (κ3) is 4.60. The fourth-order valence-corrected chi connectivity index (χ4v) is 3.52. The predicted molar refractivity (Wildman–Crippen MR) is 99.2 cm³/mol. The maximum absolute atomic E-state index is 11.7. The number of carbonyl (C=O) groups excluding carboxylic acids is 3. The quantitative estimate of drug-likeness (QED) is 0.386. The number of hydrogen-bond acceptors (Lipinski definition) is 9. The van der Waals surface area contributed by atoms with Crippen molar-refractivity contribution < 1.29 is 33.3 Å². The zero-order valence-electron chi connectivity index (χ0n) is 15.6. The summed E-state index contributed by atoms with van der Waals surface area (Å²) in [5, 5.41) is 0.396. The Kier molecular flexibility index (Phi) is 6.25. The topological polar surface area (TPSA) is 119 Å². The van der Waals surface area contributed by atoms with Crippen LogP contribution in [-0.2, 0) is 33.3 Å². The number of fused-ring (bicyclic) bond motifs is 1. The third-order valence-electron chi connectivity index (χ3n) is 4.07. The van der Waals surface area contributed by atoms with Gasteiger partial charge in [0.15, 0.2) is 24.1 Å².